The maximum atomic E-state index is 12.1. The number of anilines is 1. The summed E-state index contributed by atoms with van der Waals surface area (Å²) in [6.45, 7) is 2.10. The molecule has 0 aliphatic carbocycles. The van der Waals surface area contributed by atoms with Crippen LogP contribution < -0.4 is 20.6 Å². The standard InChI is InChI=1S/C16H23N5O3S/c1-4-5-6-14-19-20-16(21(14)17)25-10-15(22)18-11-7-8-12(23-2)13(9-11)24-3/h7-9H,4-6,10,17H2,1-3H3,(H,18,22). The zero-order chi connectivity index (χ0) is 18.2. The van der Waals surface area contributed by atoms with Gasteiger partial charge in [0.15, 0.2) is 17.3 Å². The molecule has 1 aromatic heterocycles. The van der Waals surface area contributed by atoms with Gasteiger partial charge in [0.05, 0.1) is 20.0 Å². The molecule has 1 heterocycles. The molecule has 0 saturated heterocycles. The number of carbonyl (C=O) groups is 1. The lowest BCUT2D eigenvalue weighted by Gasteiger charge is -2.10. The number of nitrogens with two attached hydrogens (primary N) is 1. The molecule has 2 rings (SSSR count). The average molecular weight is 365 g/mol. The van der Waals surface area contributed by atoms with Crippen LogP contribution in [0.2, 0.25) is 0 Å². The number of carbonyl (C=O) groups excluding carboxylic acids is 1. The Balaban J connectivity index is 1.92. The zero-order valence-corrected chi connectivity index (χ0v) is 15.4. The monoisotopic (exact) mass is 365 g/mol. The quantitative estimate of drug-likeness (QED) is 0.518. The molecule has 0 bridgehead atoms. The molecule has 0 atom stereocenters. The van der Waals surface area contributed by atoms with E-state index in [2.05, 4.69) is 22.4 Å². The maximum Gasteiger partial charge on any atom is 0.234 e. The summed E-state index contributed by atoms with van der Waals surface area (Å²) in [6.07, 6.45) is 2.83. The van der Waals surface area contributed by atoms with Gasteiger partial charge in [-0.15, -0.1) is 10.2 Å². The molecule has 0 fully saturated rings. The SMILES string of the molecule is CCCCc1nnc(SCC(=O)Nc2ccc(OC)c(OC)c2)n1N. The lowest BCUT2D eigenvalue weighted by molar-refractivity contribution is -0.113. The molecule has 0 unspecified atom stereocenters. The van der Waals surface area contributed by atoms with Gasteiger partial charge in [-0.1, -0.05) is 25.1 Å². The van der Waals surface area contributed by atoms with Crippen molar-refractivity contribution < 1.29 is 14.3 Å². The second-order valence-corrected chi connectivity index (χ2v) is 6.22. The predicted molar refractivity (Wildman–Crippen MR) is 97.7 cm³/mol. The third kappa shape index (κ3) is 5.02. The van der Waals surface area contributed by atoms with Crippen molar-refractivity contribution in [2.24, 2.45) is 0 Å². The number of benzene rings is 1. The van der Waals surface area contributed by atoms with Crippen molar-refractivity contribution in [1.29, 1.82) is 0 Å². The molecule has 9 heteroatoms. The van der Waals surface area contributed by atoms with E-state index in [4.69, 9.17) is 15.3 Å². The zero-order valence-electron chi connectivity index (χ0n) is 14.6. The van der Waals surface area contributed by atoms with E-state index < -0.39 is 0 Å². The van der Waals surface area contributed by atoms with E-state index in [0.717, 1.165) is 25.1 Å². The van der Waals surface area contributed by atoms with Crippen LogP contribution in [0.3, 0.4) is 0 Å². The molecule has 8 nitrogen and oxygen atoms in total. The number of aryl methyl sites for hydroxylation is 1. The van der Waals surface area contributed by atoms with Gasteiger partial charge in [-0.25, -0.2) is 4.68 Å². The molecule has 0 saturated carbocycles. The third-order valence-corrected chi connectivity index (χ3v) is 4.43. The van der Waals surface area contributed by atoms with Crippen LogP contribution in [0.4, 0.5) is 5.69 Å². The van der Waals surface area contributed by atoms with Crippen LogP contribution in [-0.4, -0.2) is 40.8 Å². The van der Waals surface area contributed by atoms with Gasteiger partial charge < -0.3 is 20.6 Å². The van der Waals surface area contributed by atoms with Gasteiger partial charge in [0.1, 0.15) is 0 Å². The molecule has 136 valence electrons. The molecule has 1 amide bonds. The van der Waals surface area contributed by atoms with E-state index in [1.165, 1.54) is 16.4 Å². The summed E-state index contributed by atoms with van der Waals surface area (Å²) in [5, 5.41) is 11.4. The Labute approximate surface area is 151 Å². The highest BCUT2D eigenvalue weighted by Crippen LogP contribution is 2.29. The van der Waals surface area contributed by atoms with Gasteiger partial charge in [0, 0.05) is 18.2 Å². The molecule has 0 aliphatic heterocycles. The number of unbranched alkanes of at least 4 members (excludes halogenated alkanes) is 1. The number of hydrogen-bond donors (Lipinski definition) is 2. The number of nitrogen functional groups attached to an aromatic ring is 1. The van der Waals surface area contributed by atoms with Crippen LogP contribution >= 0.6 is 11.8 Å². The van der Waals surface area contributed by atoms with E-state index >= 15 is 0 Å². The number of hydrogen-bond acceptors (Lipinski definition) is 7. The Hall–Kier alpha value is -2.42. The summed E-state index contributed by atoms with van der Waals surface area (Å²) in [7, 11) is 3.11. The topological polar surface area (TPSA) is 104 Å². The second kappa shape index (κ2) is 9.16. The van der Waals surface area contributed by atoms with Gasteiger partial charge in [-0.05, 0) is 18.6 Å². The molecular weight excluding hydrogens is 342 g/mol. The molecule has 25 heavy (non-hydrogen) atoms. The minimum absolute atomic E-state index is 0.171. The van der Waals surface area contributed by atoms with E-state index in [1.54, 1.807) is 32.4 Å². The Morgan fingerprint density at radius 2 is 2.04 bits per heavy atom. The van der Waals surface area contributed by atoms with Crippen molar-refractivity contribution in [2.75, 3.05) is 31.1 Å². The van der Waals surface area contributed by atoms with E-state index in [-0.39, 0.29) is 11.7 Å². The fraction of sp³-hybridized carbons (Fsp3) is 0.438. The first-order valence-electron chi connectivity index (χ1n) is 7.93. The largest absolute Gasteiger partial charge is 0.493 e. The van der Waals surface area contributed by atoms with Gasteiger partial charge >= 0.3 is 0 Å². The lowest BCUT2D eigenvalue weighted by atomic mass is 10.2. The summed E-state index contributed by atoms with van der Waals surface area (Å²) in [6, 6.07) is 5.19. The number of thioether (sulfide) groups is 1. The highest BCUT2D eigenvalue weighted by Gasteiger charge is 2.13. The van der Waals surface area contributed by atoms with Crippen molar-refractivity contribution in [1.82, 2.24) is 14.9 Å². The van der Waals surface area contributed by atoms with Gasteiger partial charge in [-0.2, -0.15) is 0 Å². The number of methoxy groups -OCH3 is 2. The van der Waals surface area contributed by atoms with Gasteiger partial charge in [0.2, 0.25) is 11.1 Å². The summed E-state index contributed by atoms with van der Waals surface area (Å²) in [5.41, 5.74) is 0.626. The molecule has 0 radical (unpaired) electrons. The summed E-state index contributed by atoms with van der Waals surface area (Å²) < 4.78 is 11.8. The van der Waals surface area contributed by atoms with E-state index in [0.29, 0.717) is 22.3 Å². The lowest BCUT2D eigenvalue weighted by Crippen LogP contribution is -2.17. The number of rotatable bonds is 9. The third-order valence-electron chi connectivity index (χ3n) is 3.49. The first-order valence-corrected chi connectivity index (χ1v) is 8.91. The number of nitrogens with zero attached hydrogens (tertiary/aromatic N) is 3. The summed E-state index contributed by atoms with van der Waals surface area (Å²) >= 11 is 1.24. The minimum atomic E-state index is -0.171. The highest BCUT2D eigenvalue weighted by molar-refractivity contribution is 7.99. The van der Waals surface area contributed by atoms with Crippen LogP contribution in [0, 0.1) is 0 Å². The number of ether oxygens (including phenoxy) is 2. The average Bonchev–Trinajstić information content (AvgIpc) is 2.97. The number of nitrogens with one attached hydrogen (secondary N) is 1. The van der Waals surface area contributed by atoms with Crippen molar-refractivity contribution in [3.8, 4) is 11.5 Å². The van der Waals surface area contributed by atoms with Crippen LogP contribution in [0.15, 0.2) is 23.4 Å². The first-order chi connectivity index (χ1) is 12.1. The van der Waals surface area contributed by atoms with Crippen molar-refractivity contribution >= 4 is 23.4 Å². The smallest absolute Gasteiger partial charge is 0.234 e. The molecular formula is C16H23N5O3S. The molecule has 0 aliphatic rings. The fourth-order valence-electron chi connectivity index (χ4n) is 2.15. The maximum absolute atomic E-state index is 12.1. The van der Waals surface area contributed by atoms with Gasteiger partial charge in [0.25, 0.3) is 0 Å². The Bertz CT molecular complexity index is 720. The molecule has 1 aromatic carbocycles. The van der Waals surface area contributed by atoms with E-state index in [9.17, 15) is 4.79 Å². The van der Waals surface area contributed by atoms with Crippen molar-refractivity contribution in [3.05, 3.63) is 24.0 Å². The first kappa shape index (κ1) is 18.9. The summed E-state index contributed by atoms with van der Waals surface area (Å²) in [4.78, 5) is 12.1. The fourth-order valence-corrected chi connectivity index (χ4v) is 2.83. The van der Waals surface area contributed by atoms with E-state index in [1.807, 2.05) is 0 Å². The Morgan fingerprint density at radius 3 is 2.72 bits per heavy atom. The predicted octanol–water partition coefficient (Wildman–Crippen LogP) is 2.08. The van der Waals surface area contributed by atoms with Crippen molar-refractivity contribution in [3.63, 3.8) is 0 Å². The summed E-state index contributed by atoms with van der Waals surface area (Å²) in [5.74, 6) is 7.85. The van der Waals surface area contributed by atoms with Crippen LogP contribution in [-0.2, 0) is 11.2 Å². The second-order valence-electron chi connectivity index (χ2n) is 5.28. The Kier molecular flexibility index (Phi) is 6.93. The van der Waals surface area contributed by atoms with Crippen LogP contribution in [0.1, 0.15) is 25.6 Å². The number of aromatic nitrogens is 3. The van der Waals surface area contributed by atoms with Crippen LogP contribution in [0.25, 0.3) is 0 Å². The minimum Gasteiger partial charge on any atom is -0.493 e. The van der Waals surface area contributed by atoms with Gasteiger partial charge in [-0.3, -0.25) is 4.79 Å². The molecule has 3 N–H and O–H groups in total. The molecule has 2 aromatic rings. The van der Waals surface area contributed by atoms with Crippen LogP contribution in [0.5, 0.6) is 11.5 Å². The molecule has 0 spiro atoms. The number of amides is 1. The van der Waals surface area contributed by atoms with Crippen molar-refractivity contribution in [2.45, 2.75) is 31.3 Å². The highest BCUT2D eigenvalue weighted by atomic mass is 32.2. The normalized spacial score (nSPS) is 10.5. The Morgan fingerprint density at radius 1 is 1.28 bits per heavy atom.